The lowest BCUT2D eigenvalue weighted by Gasteiger charge is -2.41. The van der Waals surface area contributed by atoms with Gasteiger partial charge in [-0.3, -0.25) is 4.79 Å². The highest BCUT2D eigenvalue weighted by Gasteiger charge is 2.47. The van der Waals surface area contributed by atoms with Gasteiger partial charge < -0.3 is 74.0 Å². The van der Waals surface area contributed by atoms with Crippen LogP contribution in [0.3, 0.4) is 0 Å². The Labute approximate surface area is 275 Å². The van der Waals surface area contributed by atoms with Crippen LogP contribution in [0.1, 0.15) is 18.9 Å². The van der Waals surface area contributed by atoms with Gasteiger partial charge in [0, 0.05) is 17.9 Å². The van der Waals surface area contributed by atoms with E-state index < -0.39 is 98.8 Å². The molecule has 0 bridgehead atoms. The van der Waals surface area contributed by atoms with Crippen LogP contribution in [0, 0.1) is 5.92 Å². The number of allylic oxidation sites excluding steroid dienone is 1. The molecular weight excluding hydrogens is 644 g/mol. The summed E-state index contributed by atoms with van der Waals surface area (Å²) >= 11 is 0. The molecule has 0 aliphatic carbocycles. The second-order valence-electron chi connectivity index (χ2n) is 11.3. The zero-order chi connectivity index (χ0) is 35.1. The first-order valence-electron chi connectivity index (χ1n) is 15.2. The number of benzene rings is 1. The maximum Gasteiger partial charge on any atom is 0.337 e. The second-order valence-corrected chi connectivity index (χ2v) is 11.3. The monoisotopic (exact) mass is 686 g/mol. The van der Waals surface area contributed by atoms with Gasteiger partial charge in [0.1, 0.15) is 54.6 Å². The molecule has 17 nitrogen and oxygen atoms in total. The van der Waals surface area contributed by atoms with Crippen LogP contribution in [0.5, 0.6) is 5.75 Å². The van der Waals surface area contributed by atoms with E-state index in [1.54, 1.807) is 31.2 Å². The van der Waals surface area contributed by atoms with Crippen molar-refractivity contribution in [2.75, 3.05) is 26.9 Å². The summed E-state index contributed by atoms with van der Waals surface area (Å²) in [5, 5.41) is 79.4. The minimum absolute atomic E-state index is 0.00815. The minimum atomic E-state index is -1.72. The number of hydrogen-bond acceptors (Lipinski definition) is 17. The fraction of sp³-hybridized carbons (Fsp3) is 0.613. The van der Waals surface area contributed by atoms with Crippen molar-refractivity contribution in [2.24, 2.45) is 5.92 Å². The number of aliphatic hydroxyl groups is 8. The average molecular weight is 687 g/mol. The molecule has 1 aromatic carbocycles. The number of aliphatic hydroxyl groups excluding tert-OH is 8. The van der Waals surface area contributed by atoms with Crippen molar-refractivity contribution in [3.63, 3.8) is 0 Å². The zero-order valence-corrected chi connectivity index (χ0v) is 26.2. The molecule has 4 rings (SSSR count). The summed E-state index contributed by atoms with van der Waals surface area (Å²) < 4.78 is 37.9. The van der Waals surface area contributed by atoms with E-state index in [2.05, 4.69) is 0 Å². The summed E-state index contributed by atoms with van der Waals surface area (Å²) in [6.07, 6.45) is -13.7. The van der Waals surface area contributed by atoms with Gasteiger partial charge in [0.2, 0.25) is 12.6 Å². The molecule has 48 heavy (non-hydrogen) atoms. The van der Waals surface area contributed by atoms with E-state index in [1.165, 1.54) is 6.08 Å². The molecule has 2 saturated heterocycles. The Morgan fingerprint density at radius 3 is 1.98 bits per heavy atom. The Morgan fingerprint density at radius 1 is 0.833 bits per heavy atom. The van der Waals surface area contributed by atoms with E-state index in [0.717, 1.165) is 18.9 Å². The second kappa shape index (κ2) is 17.0. The van der Waals surface area contributed by atoms with E-state index in [-0.39, 0.29) is 29.9 Å². The van der Waals surface area contributed by atoms with Crippen LogP contribution in [-0.2, 0) is 44.4 Å². The summed E-state index contributed by atoms with van der Waals surface area (Å²) in [6.45, 7) is 0.297. The van der Waals surface area contributed by atoms with E-state index in [1.807, 2.05) is 0 Å². The summed E-state index contributed by atoms with van der Waals surface area (Å²) in [5.74, 6) is -2.12. The van der Waals surface area contributed by atoms with Crippen molar-refractivity contribution in [3.05, 3.63) is 53.3 Å². The van der Waals surface area contributed by atoms with Gasteiger partial charge >= 0.3 is 11.9 Å². The molecule has 12 atom stereocenters. The number of ether oxygens (including phenoxy) is 7. The normalized spacial score (nSPS) is 36.1. The van der Waals surface area contributed by atoms with E-state index in [0.29, 0.717) is 6.42 Å². The lowest BCUT2D eigenvalue weighted by molar-refractivity contribution is -0.327. The van der Waals surface area contributed by atoms with Crippen LogP contribution in [0.4, 0.5) is 0 Å². The van der Waals surface area contributed by atoms with Gasteiger partial charge in [-0.05, 0) is 24.6 Å². The molecule has 3 heterocycles. The molecule has 1 aromatic rings. The summed E-state index contributed by atoms with van der Waals surface area (Å²) in [6, 6.07) is 6.45. The fourth-order valence-corrected chi connectivity index (χ4v) is 5.47. The number of carbonyl (C=O) groups is 2. The van der Waals surface area contributed by atoms with E-state index in [4.69, 9.17) is 33.2 Å². The van der Waals surface area contributed by atoms with Gasteiger partial charge in [-0.1, -0.05) is 18.2 Å². The molecule has 2 fully saturated rings. The molecule has 0 aromatic heterocycles. The van der Waals surface area contributed by atoms with Crippen LogP contribution in [0.15, 0.2) is 47.7 Å². The Hall–Kier alpha value is -3.20. The molecular formula is C31H42O17. The number of rotatable bonds is 12. The highest BCUT2D eigenvalue weighted by molar-refractivity contribution is 5.90. The van der Waals surface area contributed by atoms with Crippen molar-refractivity contribution in [1.29, 1.82) is 0 Å². The number of esters is 2. The standard InChI is InChI=1S/C31H42O17/c1-3-16-17(18(28(41)42-2)13-44-29(16)48-31-27(40)25(38)23(36)20(12-33)47-31)10-21(34)43-9-8-14-4-6-15(7-5-14)45-30-26(39)24(37)22(35)19(11-32)46-30/h3-7,13,17,19-20,22-27,29-33,35-40H,8-12H2,1-2H3/t17-,19+,20+,22+,23+,24-,25-,26+,27+,29-,30+,31-/m0/s1. The third-order valence-corrected chi connectivity index (χ3v) is 8.28. The van der Waals surface area contributed by atoms with Crippen molar-refractivity contribution in [2.45, 2.75) is 87.5 Å². The third-order valence-electron chi connectivity index (χ3n) is 8.28. The van der Waals surface area contributed by atoms with Crippen molar-refractivity contribution in [3.8, 4) is 5.75 Å². The number of carbonyl (C=O) groups excluding carboxylic acids is 2. The summed E-state index contributed by atoms with van der Waals surface area (Å²) in [5.41, 5.74) is 1.01. The van der Waals surface area contributed by atoms with Crippen LogP contribution >= 0.6 is 0 Å². The lowest BCUT2D eigenvalue weighted by atomic mass is 9.86. The minimum Gasteiger partial charge on any atom is -0.468 e. The molecule has 3 aliphatic heterocycles. The molecule has 268 valence electrons. The third kappa shape index (κ3) is 8.50. The largest absolute Gasteiger partial charge is 0.468 e. The van der Waals surface area contributed by atoms with Crippen LogP contribution < -0.4 is 4.74 Å². The first-order valence-corrected chi connectivity index (χ1v) is 15.2. The Bertz CT molecular complexity index is 1280. The molecule has 17 heteroatoms. The van der Waals surface area contributed by atoms with E-state index in [9.17, 15) is 50.4 Å². The SMILES string of the molecule is CC=C1[C@H](O[C@@H]2O[C@H](CO)[C@@H](O)[C@H](O)[C@H]2O)OC=C(C(=O)OC)[C@H]1CC(=O)OCCc1ccc(O[C@@H]2O[C@H](CO)[C@@H](O)[C@H](O)[C@H]2O)cc1. The molecule has 0 saturated carbocycles. The molecule has 0 spiro atoms. The molecule has 0 unspecified atom stereocenters. The average Bonchev–Trinajstić information content (AvgIpc) is 3.09. The molecule has 3 aliphatic rings. The van der Waals surface area contributed by atoms with Gasteiger partial charge in [0.05, 0.1) is 45.2 Å². The van der Waals surface area contributed by atoms with Gasteiger partial charge in [0.15, 0.2) is 6.29 Å². The van der Waals surface area contributed by atoms with Crippen LogP contribution in [0.2, 0.25) is 0 Å². The zero-order valence-electron chi connectivity index (χ0n) is 26.2. The topological polar surface area (TPSA) is 261 Å². The Kier molecular flexibility index (Phi) is 13.3. The van der Waals surface area contributed by atoms with Crippen LogP contribution in [0.25, 0.3) is 0 Å². The lowest BCUT2D eigenvalue weighted by Crippen LogP contribution is -2.60. The maximum absolute atomic E-state index is 13.0. The Morgan fingerprint density at radius 2 is 1.42 bits per heavy atom. The quantitative estimate of drug-likeness (QED) is 0.0812. The van der Waals surface area contributed by atoms with Gasteiger partial charge in [0.25, 0.3) is 0 Å². The smallest absolute Gasteiger partial charge is 0.337 e. The highest BCUT2D eigenvalue weighted by atomic mass is 16.8. The Balaban J connectivity index is 1.34. The summed E-state index contributed by atoms with van der Waals surface area (Å²) in [7, 11) is 1.16. The summed E-state index contributed by atoms with van der Waals surface area (Å²) in [4.78, 5) is 25.5. The number of hydrogen-bond donors (Lipinski definition) is 8. The first kappa shape index (κ1) is 37.6. The predicted molar refractivity (Wildman–Crippen MR) is 157 cm³/mol. The van der Waals surface area contributed by atoms with E-state index >= 15 is 0 Å². The molecule has 0 radical (unpaired) electrons. The van der Waals surface area contributed by atoms with Gasteiger partial charge in [-0.15, -0.1) is 0 Å². The molecule has 8 N–H and O–H groups in total. The van der Waals surface area contributed by atoms with Crippen molar-refractivity contribution in [1.82, 2.24) is 0 Å². The highest BCUT2D eigenvalue weighted by Crippen LogP contribution is 2.36. The van der Waals surface area contributed by atoms with Gasteiger partial charge in [-0.25, -0.2) is 4.79 Å². The molecule has 0 amide bonds. The predicted octanol–water partition coefficient (Wildman–Crippen LogP) is -2.87. The number of methoxy groups -OCH3 is 1. The van der Waals surface area contributed by atoms with Crippen molar-refractivity contribution < 1.29 is 83.6 Å². The maximum atomic E-state index is 13.0. The first-order chi connectivity index (χ1) is 22.9. The van der Waals surface area contributed by atoms with Gasteiger partial charge in [-0.2, -0.15) is 0 Å². The van der Waals surface area contributed by atoms with Crippen LogP contribution in [-0.4, -0.2) is 147 Å². The van der Waals surface area contributed by atoms with Crippen molar-refractivity contribution >= 4 is 11.9 Å². The fourth-order valence-electron chi connectivity index (χ4n) is 5.47.